The minimum Gasteiger partial charge on any atom is -0.394 e. The lowest BCUT2D eigenvalue weighted by Crippen LogP contribution is -2.43. The van der Waals surface area contributed by atoms with Crippen molar-refractivity contribution in [1.82, 2.24) is 10.4 Å². The standard InChI is InChI=1S/C6H14N2O2/c9-5-6-10-8-3-1-7-2-4-8/h7,9H,1-6H2. The van der Waals surface area contributed by atoms with Crippen molar-refractivity contribution in [2.45, 2.75) is 0 Å². The number of nitrogens with zero attached hydrogens (tertiary/aromatic N) is 1. The summed E-state index contributed by atoms with van der Waals surface area (Å²) in [6, 6.07) is 0. The van der Waals surface area contributed by atoms with E-state index in [2.05, 4.69) is 5.32 Å². The topological polar surface area (TPSA) is 44.7 Å². The van der Waals surface area contributed by atoms with Crippen LogP contribution in [0, 0.1) is 0 Å². The largest absolute Gasteiger partial charge is 0.394 e. The Morgan fingerprint density at radius 3 is 2.70 bits per heavy atom. The molecule has 1 aliphatic rings. The van der Waals surface area contributed by atoms with Gasteiger partial charge in [0.05, 0.1) is 13.2 Å². The molecule has 10 heavy (non-hydrogen) atoms. The van der Waals surface area contributed by atoms with Gasteiger partial charge in [-0.3, -0.25) is 4.84 Å². The average Bonchev–Trinajstić information content (AvgIpc) is 2.03. The van der Waals surface area contributed by atoms with Crippen molar-refractivity contribution in [3.8, 4) is 0 Å². The van der Waals surface area contributed by atoms with Gasteiger partial charge in [-0.05, 0) is 0 Å². The number of aliphatic hydroxyl groups is 1. The molecule has 4 heteroatoms. The molecule has 60 valence electrons. The van der Waals surface area contributed by atoms with Gasteiger partial charge in [0, 0.05) is 26.2 Å². The SMILES string of the molecule is OCCON1CCNCC1. The molecule has 0 saturated carbocycles. The third kappa shape index (κ3) is 2.62. The van der Waals surface area contributed by atoms with Gasteiger partial charge in [0.2, 0.25) is 0 Å². The van der Waals surface area contributed by atoms with Gasteiger partial charge in [-0.2, -0.15) is 5.06 Å². The van der Waals surface area contributed by atoms with Crippen LogP contribution in [-0.2, 0) is 4.84 Å². The zero-order valence-electron chi connectivity index (χ0n) is 6.05. The summed E-state index contributed by atoms with van der Waals surface area (Å²) in [6.07, 6.45) is 0. The van der Waals surface area contributed by atoms with Crippen molar-refractivity contribution in [3.05, 3.63) is 0 Å². The van der Waals surface area contributed by atoms with E-state index in [1.165, 1.54) is 0 Å². The van der Waals surface area contributed by atoms with Gasteiger partial charge in [-0.15, -0.1) is 0 Å². The van der Waals surface area contributed by atoms with E-state index in [-0.39, 0.29) is 6.61 Å². The molecule has 0 aromatic heterocycles. The predicted molar refractivity (Wildman–Crippen MR) is 37.5 cm³/mol. The van der Waals surface area contributed by atoms with Crippen molar-refractivity contribution in [3.63, 3.8) is 0 Å². The molecule has 2 N–H and O–H groups in total. The quantitative estimate of drug-likeness (QED) is 0.526. The minimum atomic E-state index is 0.101. The second-order valence-electron chi connectivity index (χ2n) is 2.24. The van der Waals surface area contributed by atoms with Crippen LogP contribution in [0.3, 0.4) is 0 Å². The molecule has 0 amide bonds. The fourth-order valence-corrected chi connectivity index (χ4v) is 0.943. The summed E-state index contributed by atoms with van der Waals surface area (Å²) in [5.74, 6) is 0. The maximum absolute atomic E-state index is 8.43. The fourth-order valence-electron chi connectivity index (χ4n) is 0.943. The number of hydrogen-bond donors (Lipinski definition) is 2. The van der Waals surface area contributed by atoms with Crippen LogP contribution < -0.4 is 5.32 Å². The highest BCUT2D eigenvalue weighted by Crippen LogP contribution is 1.91. The Labute approximate surface area is 60.7 Å². The van der Waals surface area contributed by atoms with Crippen LogP contribution in [0.2, 0.25) is 0 Å². The van der Waals surface area contributed by atoms with Crippen molar-refractivity contribution < 1.29 is 9.94 Å². The third-order valence-corrected chi connectivity index (χ3v) is 1.44. The molecule has 1 heterocycles. The first-order valence-corrected chi connectivity index (χ1v) is 3.63. The van der Waals surface area contributed by atoms with E-state index in [1.807, 2.05) is 5.06 Å². The summed E-state index contributed by atoms with van der Waals surface area (Å²) in [7, 11) is 0. The molecule has 0 atom stereocenters. The fraction of sp³-hybridized carbons (Fsp3) is 1.00. The van der Waals surface area contributed by atoms with Gasteiger partial charge in [0.15, 0.2) is 0 Å². The first kappa shape index (κ1) is 7.94. The molecular weight excluding hydrogens is 132 g/mol. The third-order valence-electron chi connectivity index (χ3n) is 1.44. The Hall–Kier alpha value is -0.160. The number of hydroxylamine groups is 2. The maximum Gasteiger partial charge on any atom is 0.0916 e. The zero-order chi connectivity index (χ0) is 7.23. The number of aliphatic hydroxyl groups excluding tert-OH is 1. The first-order valence-electron chi connectivity index (χ1n) is 3.63. The normalized spacial score (nSPS) is 21.3. The molecule has 0 aliphatic carbocycles. The average molecular weight is 146 g/mol. The van der Waals surface area contributed by atoms with Crippen LogP contribution in [-0.4, -0.2) is 49.6 Å². The Balaban J connectivity index is 2.02. The van der Waals surface area contributed by atoms with Crippen LogP contribution in [0.25, 0.3) is 0 Å². The molecule has 0 bridgehead atoms. The molecule has 0 aromatic rings. The van der Waals surface area contributed by atoms with E-state index < -0.39 is 0 Å². The second kappa shape index (κ2) is 4.62. The summed E-state index contributed by atoms with van der Waals surface area (Å²) in [4.78, 5) is 5.18. The minimum absolute atomic E-state index is 0.101. The summed E-state index contributed by atoms with van der Waals surface area (Å²) in [5.41, 5.74) is 0. The van der Waals surface area contributed by atoms with Crippen LogP contribution in [0.4, 0.5) is 0 Å². The number of piperazine rings is 1. The molecule has 1 saturated heterocycles. The Bertz CT molecular complexity index is 83.8. The van der Waals surface area contributed by atoms with Crippen LogP contribution in [0.5, 0.6) is 0 Å². The van der Waals surface area contributed by atoms with E-state index in [0.717, 1.165) is 26.2 Å². The van der Waals surface area contributed by atoms with Gasteiger partial charge in [-0.25, -0.2) is 0 Å². The van der Waals surface area contributed by atoms with E-state index in [1.54, 1.807) is 0 Å². The molecule has 1 aliphatic heterocycles. The van der Waals surface area contributed by atoms with Crippen molar-refractivity contribution in [2.24, 2.45) is 0 Å². The van der Waals surface area contributed by atoms with E-state index in [0.29, 0.717) is 6.61 Å². The predicted octanol–water partition coefficient (Wildman–Crippen LogP) is -1.18. The summed E-state index contributed by atoms with van der Waals surface area (Å²) < 4.78 is 0. The smallest absolute Gasteiger partial charge is 0.0916 e. The zero-order valence-corrected chi connectivity index (χ0v) is 6.05. The molecule has 0 radical (unpaired) electrons. The molecule has 0 aromatic carbocycles. The highest BCUT2D eigenvalue weighted by molar-refractivity contribution is 4.59. The van der Waals surface area contributed by atoms with E-state index in [9.17, 15) is 0 Å². The van der Waals surface area contributed by atoms with Gasteiger partial charge >= 0.3 is 0 Å². The molecule has 0 spiro atoms. The molecule has 1 rings (SSSR count). The van der Waals surface area contributed by atoms with E-state index >= 15 is 0 Å². The molecule has 0 unspecified atom stereocenters. The van der Waals surface area contributed by atoms with Gasteiger partial charge in [0.1, 0.15) is 0 Å². The number of rotatable bonds is 3. The van der Waals surface area contributed by atoms with Crippen LogP contribution >= 0.6 is 0 Å². The van der Waals surface area contributed by atoms with Gasteiger partial charge < -0.3 is 10.4 Å². The second-order valence-corrected chi connectivity index (χ2v) is 2.24. The first-order chi connectivity index (χ1) is 4.93. The summed E-state index contributed by atoms with van der Waals surface area (Å²) in [5, 5.41) is 13.5. The van der Waals surface area contributed by atoms with Crippen LogP contribution in [0.15, 0.2) is 0 Å². The Morgan fingerprint density at radius 1 is 1.40 bits per heavy atom. The summed E-state index contributed by atoms with van der Waals surface area (Å²) in [6.45, 7) is 4.31. The van der Waals surface area contributed by atoms with Gasteiger partial charge in [-0.1, -0.05) is 0 Å². The van der Waals surface area contributed by atoms with Gasteiger partial charge in [0.25, 0.3) is 0 Å². The molecular formula is C6H14N2O2. The lowest BCUT2D eigenvalue weighted by molar-refractivity contribution is -0.170. The molecule has 4 nitrogen and oxygen atoms in total. The lowest BCUT2D eigenvalue weighted by atomic mass is 10.4. The van der Waals surface area contributed by atoms with Crippen molar-refractivity contribution in [1.29, 1.82) is 0 Å². The monoisotopic (exact) mass is 146 g/mol. The molecule has 1 fully saturated rings. The van der Waals surface area contributed by atoms with Crippen molar-refractivity contribution in [2.75, 3.05) is 39.4 Å². The number of nitrogens with one attached hydrogen (secondary N) is 1. The highest BCUT2D eigenvalue weighted by Gasteiger charge is 2.08. The number of hydrogen-bond acceptors (Lipinski definition) is 4. The Kier molecular flexibility index (Phi) is 3.67. The maximum atomic E-state index is 8.43. The van der Waals surface area contributed by atoms with Crippen molar-refractivity contribution >= 4 is 0 Å². The Morgan fingerprint density at radius 2 is 2.10 bits per heavy atom. The van der Waals surface area contributed by atoms with E-state index in [4.69, 9.17) is 9.94 Å². The lowest BCUT2D eigenvalue weighted by Gasteiger charge is -2.25. The highest BCUT2D eigenvalue weighted by atomic mass is 16.7. The van der Waals surface area contributed by atoms with Crippen LogP contribution in [0.1, 0.15) is 0 Å². The summed E-state index contributed by atoms with van der Waals surface area (Å²) >= 11 is 0.